The molecule has 0 saturated carbocycles. The molecule has 0 aromatic heterocycles. The van der Waals surface area contributed by atoms with Gasteiger partial charge in [0.25, 0.3) is 0 Å². The Hall–Kier alpha value is -1.06. The Balaban J connectivity index is 1.93. The van der Waals surface area contributed by atoms with Gasteiger partial charge in [-0.25, -0.2) is 12.8 Å². The molecule has 0 bridgehead atoms. The van der Waals surface area contributed by atoms with Gasteiger partial charge in [0.05, 0.1) is 23.7 Å². The summed E-state index contributed by atoms with van der Waals surface area (Å²) in [5.41, 5.74) is 0. The summed E-state index contributed by atoms with van der Waals surface area (Å²) in [6, 6.07) is 4.89. The molecule has 1 heterocycles. The number of aliphatic hydroxyl groups excluding tert-OH is 1. The molecule has 6 nitrogen and oxygen atoms in total. The molecule has 1 unspecified atom stereocenters. The molecule has 0 amide bonds. The molecule has 0 spiro atoms. The van der Waals surface area contributed by atoms with E-state index in [1.165, 1.54) is 16.4 Å². The Kier molecular flexibility index (Phi) is 7.33. The third kappa shape index (κ3) is 6.00. The van der Waals surface area contributed by atoms with Gasteiger partial charge >= 0.3 is 0 Å². The molecule has 1 aliphatic rings. The number of rotatable bonds is 7. The molecule has 1 saturated heterocycles. The topological polar surface area (TPSA) is 70.1 Å². The zero-order chi connectivity index (χ0) is 18.4. The van der Waals surface area contributed by atoms with Crippen LogP contribution in [0.5, 0.6) is 0 Å². The molecule has 1 aliphatic heterocycles. The number of hydrogen-bond acceptors (Lipinski definition) is 5. The molecule has 0 radical (unpaired) electrons. The summed E-state index contributed by atoms with van der Waals surface area (Å²) in [5.74, 6) is -0.460. The number of sulfonamides is 1. The van der Waals surface area contributed by atoms with Gasteiger partial charge in [0, 0.05) is 26.2 Å². The highest BCUT2D eigenvalue weighted by Crippen LogP contribution is 2.18. The number of nitrogens with zero attached hydrogens (tertiary/aromatic N) is 2. The normalized spacial score (nSPS) is 19.1. The maximum Gasteiger partial charge on any atom is 0.243 e. The first kappa shape index (κ1) is 20.3. The van der Waals surface area contributed by atoms with Crippen LogP contribution < -0.4 is 0 Å². The summed E-state index contributed by atoms with van der Waals surface area (Å²) in [7, 11) is -3.62. The average molecular weight is 374 g/mol. The number of halogens is 1. The third-order valence-corrected chi connectivity index (χ3v) is 6.00. The molecule has 2 rings (SSSR count). The van der Waals surface area contributed by atoms with Crippen LogP contribution in [0, 0.1) is 5.82 Å². The smallest absolute Gasteiger partial charge is 0.243 e. The van der Waals surface area contributed by atoms with Gasteiger partial charge in [0.2, 0.25) is 10.0 Å². The maximum atomic E-state index is 13.0. The Bertz CT molecular complexity index is 637. The molecular formula is C17H27FN2O4S. The van der Waals surface area contributed by atoms with Crippen LogP contribution in [0.4, 0.5) is 4.39 Å². The highest BCUT2D eigenvalue weighted by atomic mass is 32.2. The van der Waals surface area contributed by atoms with E-state index >= 15 is 0 Å². The van der Waals surface area contributed by atoms with Crippen molar-refractivity contribution >= 4 is 10.0 Å². The second-order valence-corrected chi connectivity index (χ2v) is 8.49. The predicted molar refractivity (Wildman–Crippen MR) is 93.3 cm³/mol. The number of β-amino-alcohol motifs (C(OH)–C–C–N with tert-alkyl or cyclic N) is 1. The van der Waals surface area contributed by atoms with Crippen molar-refractivity contribution in [2.45, 2.75) is 37.4 Å². The average Bonchev–Trinajstić information content (AvgIpc) is 2.79. The van der Waals surface area contributed by atoms with Gasteiger partial charge in [-0.1, -0.05) is 0 Å². The van der Waals surface area contributed by atoms with Crippen LogP contribution in [0.2, 0.25) is 0 Å². The number of aliphatic hydroxyl groups is 1. The van der Waals surface area contributed by atoms with Crippen molar-refractivity contribution in [1.82, 2.24) is 9.21 Å². The molecule has 1 N–H and O–H groups in total. The van der Waals surface area contributed by atoms with Crippen molar-refractivity contribution < 1.29 is 22.7 Å². The van der Waals surface area contributed by atoms with Gasteiger partial charge in [-0.15, -0.1) is 0 Å². The van der Waals surface area contributed by atoms with E-state index in [0.717, 1.165) is 12.1 Å². The highest BCUT2D eigenvalue weighted by Gasteiger charge is 2.27. The fraction of sp³-hybridized carbons (Fsp3) is 0.647. The standard InChI is InChI=1S/C17H27FN2O4S/c1-14(2)24-13-16(21)12-19-8-3-9-20(11-10-19)25(22,23)17-6-4-15(18)5-7-17/h4-7,14,16,21H,3,8-13H2,1-2H3. The van der Waals surface area contributed by atoms with Gasteiger partial charge in [-0.3, -0.25) is 4.90 Å². The molecule has 1 atom stereocenters. The highest BCUT2D eigenvalue weighted by molar-refractivity contribution is 7.89. The van der Waals surface area contributed by atoms with Crippen LogP contribution in [0.25, 0.3) is 0 Å². The number of benzene rings is 1. The minimum atomic E-state index is -3.62. The minimum Gasteiger partial charge on any atom is -0.389 e. The molecule has 25 heavy (non-hydrogen) atoms. The van der Waals surface area contributed by atoms with Crippen molar-refractivity contribution in [3.63, 3.8) is 0 Å². The molecule has 142 valence electrons. The largest absolute Gasteiger partial charge is 0.389 e. The van der Waals surface area contributed by atoms with Gasteiger partial charge in [-0.05, 0) is 51.1 Å². The zero-order valence-corrected chi connectivity index (χ0v) is 15.6. The van der Waals surface area contributed by atoms with E-state index < -0.39 is 21.9 Å². The van der Waals surface area contributed by atoms with Crippen molar-refractivity contribution in [1.29, 1.82) is 0 Å². The predicted octanol–water partition coefficient (Wildman–Crippen LogP) is 1.31. The quantitative estimate of drug-likeness (QED) is 0.779. The minimum absolute atomic E-state index is 0.0649. The lowest BCUT2D eigenvalue weighted by atomic mass is 10.3. The molecular weight excluding hydrogens is 347 g/mol. The van der Waals surface area contributed by atoms with Crippen molar-refractivity contribution in [3.8, 4) is 0 Å². The van der Waals surface area contributed by atoms with Crippen molar-refractivity contribution in [3.05, 3.63) is 30.1 Å². The van der Waals surface area contributed by atoms with Gasteiger partial charge in [-0.2, -0.15) is 4.31 Å². The monoisotopic (exact) mass is 374 g/mol. The van der Waals surface area contributed by atoms with Gasteiger partial charge in [0.1, 0.15) is 5.82 Å². The molecule has 8 heteroatoms. The lowest BCUT2D eigenvalue weighted by molar-refractivity contribution is -0.00782. The Morgan fingerprint density at radius 1 is 1.16 bits per heavy atom. The Morgan fingerprint density at radius 2 is 1.84 bits per heavy atom. The lowest BCUT2D eigenvalue weighted by Crippen LogP contribution is -2.39. The van der Waals surface area contributed by atoms with Gasteiger partial charge < -0.3 is 9.84 Å². The summed E-state index contributed by atoms with van der Waals surface area (Å²) in [6.45, 7) is 6.57. The van der Waals surface area contributed by atoms with Crippen molar-refractivity contribution in [2.75, 3.05) is 39.3 Å². The first-order chi connectivity index (χ1) is 11.8. The number of hydrogen-bond donors (Lipinski definition) is 1. The summed E-state index contributed by atoms with van der Waals surface area (Å²) in [5, 5.41) is 10.0. The van der Waals surface area contributed by atoms with E-state index in [4.69, 9.17) is 4.74 Å². The van der Waals surface area contributed by atoms with Gasteiger partial charge in [0.15, 0.2) is 0 Å². The van der Waals surface area contributed by atoms with E-state index in [9.17, 15) is 17.9 Å². The summed E-state index contributed by atoms with van der Waals surface area (Å²) >= 11 is 0. The molecule has 1 aromatic rings. The van der Waals surface area contributed by atoms with E-state index in [1.807, 2.05) is 13.8 Å². The SMILES string of the molecule is CC(C)OCC(O)CN1CCCN(S(=O)(=O)c2ccc(F)cc2)CC1. The summed E-state index contributed by atoms with van der Waals surface area (Å²) < 4.78 is 45.2. The van der Waals surface area contributed by atoms with E-state index in [-0.39, 0.29) is 17.6 Å². The first-order valence-corrected chi connectivity index (χ1v) is 10.0. The third-order valence-electron chi connectivity index (χ3n) is 4.09. The second-order valence-electron chi connectivity index (χ2n) is 6.55. The fourth-order valence-electron chi connectivity index (χ4n) is 2.78. The van der Waals surface area contributed by atoms with Crippen LogP contribution in [-0.4, -0.2) is 74.3 Å². The van der Waals surface area contributed by atoms with Crippen LogP contribution >= 0.6 is 0 Å². The van der Waals surface area contributed by atoms with Crippen LogP contribution in [0.3, 0.4) is 0 Å². The van der Waals surface area contributed by atoms with Crippen LogP contribution in [0.15, 0.2) is 29.2 Å². The lowest BCUT2D eigenvalue weighted by Gasteiger charge is -2.24. The zero-order valence-electron chi connectivity index (χ0n) is 14.8. The molecule has 1 fully saturated rings. The van der Waals surface area contributed by atoms with Crippen LogP contribution in [0.1, 0.15) is 20.3 Å². The fourth-order valence-corrected chi connectivity index (χ4v) is 4.25. The van der Waals surface area contributed by atoms with E-state index in [0.29, 0.717) is 39.1 Å². The molecule has 0 aliphatic carbocycles. The first-order valence-electron chi connectivity index (χ1n) is 8.57. The second kappa shape index (κ2) is 9.05. The van der Waals surface area contributed by atoms with E-state index in [2.05, 4.69) is 4.90 Å². The Morgan fingerprint density at radius 3 is 2.48 bits per heavy atom. The Labute approximate surface area is 149 Å². The van der Waals surface area contributed by atoms with E-state index in [1.54, 1.807) is 0 Å². The van der Waals surface area contributed by atoms with Crippen LogP contribution in [-0.2, 0) is 14.8 Å². The summed E-state index contributed by atoms with van der Waals surface area (Å²) in [6.07, 6.45) is 0.149. The molecule has 1 aromatic carbocycles. The summed E-state index contributed by atoms with van der Waals surface area (Å²) in [4.78, 5) is 2.15. The maximum absolute atomic E-state index is 13.0. The van der Waals surface area contributed by atoms with Crippen molar-refractivity contribution in [2.24, 2.45) is 0 Å². The number of ether oxygens (including phenoxy) is 1.